The van der Waals surface area contributed by atoms with Gasteiger partial charge in [0.15, 0.2) is 0 Å². The van der Waals surface area contributed by atoms with E-state index in [1.165, 1.54) is 3.97 Å². The van der Waals surface area contributed by atoms with Crippen LogP contribution in [0.5, 0.6) is 5.75 Å². The van der Waals surface area contributed by atoms with Crippen LogP contribution >= 0.6 is 31.9 Å². The van der Waals surface area contributed by atoms with Crippen molar-refractivity contribution in [2.75, 3.05) is 27.2 Å². The van der Waals surface area contributed by atoms with Crippen molar-refractivity contribution in [3.8, 4) is 5.75 Å². The van der Waals surface area contributed by atoms with Crippen LogP contribution in [0, 0.1) is 6.92 Å². The van der Waals surface area contributed by atoms with E-state index in [2.05, 4.69) is 45.7 Å². The highest BCUT2D eigenvalue weighted by Crippen LogP contribution is 2.41. The second-order valence-corrected chi connectivity index (χ2v) is 11.4. The lowest BCUT2D eigenvalue weighted by atomic mass is 10.0. The molecule has 0 radical (unpaired) electrons. The molecule has 0 bridgehead atoms. The van der Waals surface area contributed by atoms with Crippen molar-refractivity contribution >= 4 is 52.8 Å². The van der Waals surface area contributed by atoms with Crippen LogP contribution in [0.1, 0.15) is 31.0 Å². The van der Waals surface area contributed by atoms with Crippen molar-refractivity contribution in [3.63, 3.8) is 0 Å². The number of likely N-dealkylation sites (N-methyl/N-ethyl adjacent to an activating group) is 1. The smallest absolute Gasteiger partial charge is 0.268 e. The van der Waals surface area contributed by atoms with Crippen molar-refractivity contribution in [1.82, 2.24) is 8.87 Å². The average molecular weight is 558 g/mol. The maximum atomic E-state index is 13.6. The Bertz CT molecular complexity index is 1170. The molecule has 0 spiro atoms. The van der Waals surface area contributed by atoms with E-state index in [0.717, 1.165) is 22.0 Å². The molecule has 1 heterocycles. The van der Waals surface area contributed by atoms with Crippen LogP contribution < -0.4 is 4.74 Å². The topological polar surface area (TPSA) is 51.5 Å². The fraction of sp³-hybridized carbons (Fsp3) is 0.364. The predicted molar refractivity (Wildman–Crippen MR) is 129 cm³/mol. The number of halogens is 2. The lowest BCUT2D eigenvalue weighted by Crippen LogP contribution is -2.20. The highest BCUT2D eigenvalue weighted by Gasteiger charge is 2.27. The van der Waals surface area contributed by atoms with Crippen molar-refractivity contribution < 1.29 is 13.2 Å². The molecule has 0 aliphatic rings. The summed E-state index contributed by atoms with van der Waals surface area (Å²) >= 11 is 7.06. The zero-order chi connectivity index (χ0) is 22.2. The summed E-state index contributed by atoms with van der Waals surface area (Å²) in [5, 5.41) is 0.745. The van der Waals surface area contributed by atoms with Gasteiger partial charge in [-0.2, -0.15) is 0 Å². The summed E-state index contributed by atoms with van der Waals surface area (Å²) in [7, 11) is 0.127. The minimum Gasteiger partial charge on any atom is -0.490 e. The zero-order valence-electron chi connectivity index (χ0n) is 17.7. The number of hydrogen-bond acceptors (Lipinski definition) is 4. The van der Waals surface area contributed by atoms with E-state index in [1.807, 2.05) is 43.3 Å². The minimum absolute atomic E-state index is 0.251. The molecule has 0 aliphatic carbocycles. The molecular weight excluding hydrogens is 532 g/mol. The first-order valence-corrected chi connectivity index (χ1v) is 12.7. The zero-order valence-corrected chi connectivity index (χ0v) is 21.7. The third kappa shape index (κ3) is 4.47. The Morgan fingerprint density at radius 3 is 2.30 bits per heavy atom. The Balaban J connectivity index is 2.20. The van der Waals surface area contributed by atoms with Gasteiger partial charge < -0.3 is 9.64 Å². The van der Waals surface area contributed by atoms with E-state index in [9.17, 15) is 8.42 Å². The Morgan fingerprint density at radius 2 is 1.73 bits per heavy atom. The second kappa shape index (κ2) is 9.02. The van der Waals surface area contributed by atoms with Gasteiger partial charge in [0, 0.05) is 20.9 Å². The SMILES string of the molecule is Cc1c(OCCN(C)C)c2cc(Br)cc(Br)c2n1S(=O)(=O)c1ccc(C(C)C)cc1. The number of benzene rings is 2. The summed E-state index contributed by atoms with van der Waals surface area (Å²) < 4.78 is 36.3. The molecular formula is C22H26Br2N2O3S. The van der Waals surface area contributed by atoms with Gasteiger partial charge in [-0.3, -0.25) is 0 Å². The molecule has 5 nitrogen and oxygen atoms in total. The van der Waals surface area contributed by atoms with Gasteiger partial charge in [0.25, 0.3) is 10.0 Å². The van der Waals surface area contributed by atoms with Crippen molar-refractivity contribution in [1.29, 1.82) is 0 Å². The van der Waals surface area contributed by atoms with Crippen LogP contribution in [-0.2, 0) is 10.0 Å². The van der Waals surface area contributed by atoms with Gasteiger partial charge in [-0.25, -0.2) is 12.4 Å². The molecule has 8 heteroatoms. The lowest BCUT2D eigenvalue weighted by molar-refractivity contribution is 0.262. The van der Waals surface area contributed by atoms with E-state index in [0.29, 0.717) is 34.0 Å². The maximum Gasteiger partial charge on any atom is 0.268 e. The third-order valence-corrected chi connectivity index (χ3v) is 7.85. The number of fused-ring (bicyclic) bond motifs is 1. The van der Waals surface area contributed by atoms with Gasteiger partial charge in [-0.05, 0) is 72.7 Å². The molecule has 162 valence electrons. The molecule has 0 amide bonds. The molecule has 1 aromatic heterocycles. The molecule has 3 aromatic rings. The first-order chi connectivity index (χ1) is 14.0. The second-order valence-electron chi connectivity index (χ2n) is 7.84. The molecule has 0 N–H and O–H groups in total. The number of hydrogen-bond donors (Lipinski definition) is 0. The number of nitrogens with zero attached hydrogens (tertiary/aromatic N) is 2. The molecule has 0 saturated carbocycles. The Hall–Kier alpha value is -1.35. The highest BCUT2D eigenvalue weighted by atomic mass is 79.9. The molecule has 30 heavy (non-hydrogen) atoms. The van der Waals surface area contributed by atoms with E-state index in [1.54, 1.807) is 19.1 Å². The molecule has 0 fully saturated rings. The quantitative estimate of drug-likeness (QED) is 0.370. The molecule has 3 rings (SSSR count). The first-order valence-electron chi connectivity index (χ1n) is 9.67. The first kappa shape index (κ1) is 23.3. The average Bonchev–Trinajstić information content (AvgIpc) is 2.94. The molecule has 0 aliphatic heterocycles. The molecule has 2 aromatic carbocycles. The Labute approximate surface area is 195 Å². The summed E-state index contributed by atoms with van der Waals surface area (Å²) in [6.07, 6.45) is 0. The van der Waals surface area contributed by atoms with E-state index < -0.39 is 10.0 Å². The van der Waals surface area contributed by atoms with Crippen molar-refractivity contribution in [3.05, 3.63) is 56.6 Å². The predicted octanol–water partition coefficient (Wildman–Crippen LogP) is 5.78. The number of ether oxygens (including phenoxy) is 1. The van der Waals surface area contributed by atoms with E-state index >= 15 is 0 Å². The van der Waals surface area contributed by atoms with Crippen molar-refractivity contribution in [2.45, 2.75) is 31.6 Å². The summed E-state index contributed by atoms with van der Waals surface area (Å²) in [5.74, 6) is 0.912. The fourth-order valence-electron chi connectivity index (χ4n) is 3.34. The van der Waals surface area contributed by atoms with Crippen LogP contribution in [0.15, 0.2) is 50.2 Å². The standard InChI is InChI=1S/C22H26Br2N2O3S/c1-14(2)16-6-8-18(9-7-16)30(27,28)26-15(3)22(29-11-10-25(4)5)19-12-17(23)13-20(24)21(19)26/h6-9,12-14H,10-11H2,1-5H3. The molecule has 0 saturated heterocycles. The monoisotopic (exact) mass is 556 g/mol. The number of rotatable bonds is 7. The van der Waals surface area contributed by atoms with Gasteiger partial charge in [-0.15, -0.1) is 0 Å². The van der Waals surface area contributed by atoms with Crippen LogP contribution in [0.3, 0.4) is 0 Å². The Kier molecular flexibility index (Phi) is 7.01. The minimum atomic E-state index is -3.81. The fourth-order valence-corrected chi connectivity index (χ4v) is 6.43. The summed E-state index contributed by atoms with van der Waals surface area (Å²) in [4.78, 5) is 2.27. The van der Waals surface area contributed by atoms with Crippen LogP contribution in [0.25, 0.3) is 10.9 Å². The van der Waals surface area contributed by atoms with Gasteiger partial charge in [0.05, 0.1) is 16.1 Å². The summed E-state index contributed by atoms with van der Waals surface area (Å²) in [5.41, 5.74) is 2.22. The Morgan fingerprint density at radius 1 is 1.10 bits per heavy atom. The van der Waals surface area contributed by atoms with Gasteiger partial charge in [-0.1, -0.05) is 41.9 Å². The third-order valence-electron chi connectivity index (χ3n) is 4.98. The van der Waals surface area contributed by atoms with Crippen molar-refractivity contribution in [2.24, 2.45) is 0 Å². The van der Waals surface area contributed by atoms with Crippen LogP contribution in [0.4, 0.5) is 0 Å². The van der Waals surface area contributed by atoms with Gasteiger partial charge in [0.1, 0.15) is 12.4 Å². The lowest BCUT2D eigenvalue weighted by Gasteiger charge is -2.13. The van der Waals surface area contributed by atoms with E-state index in [4.69, 9.17) is 4.74 Å². The highest BCUT2D eigenvalue weighted by molar-refractivity contribution is 9.11. The summed E-state index contributed by atoms with van der Waals surface area (Å²) in [6, 6.07) is 10.8. The van der Waals surface area contributed by atoms with E-state index in [-0.39, 0.29) is 4.90 Å². The largest absolute Gasteiger partial charge is 0.490 e. The summed E-state index contributed by atoms with van der Waals surface area (Å²) in [6.45, 7) is 7.13. The van der Waals surface area contributed by atoms with Gasteiger partial charge >= 0.3 is 0 Å². The molecule has 0 unspecified atom stereocenters. The van der Waals surface area contributed by atoms with Crippen LogP contribution in [-0.4, -0.2) is 44.5 Å². The van der Waals surface area contributed by atoms with Crippen LogP contribution in [0.2, 0.25) is 0 Å². The molecule has 0 atom stereocenters. The van der Waals surface area contributed by atoms with Gasteiger partial charge in [0.2, 0.25) is 0 Å². The number of aromatic nitrogens is 1. The normalized spacial score (nSPS) is 12.3. The maximum absolute atomic E-state index is 13.6.